The lowest BCUT2D eigenvalue weighted by molar-refractivity contribution is -0.160. The molecule has 2 heterocycles. The third kappa shape index (κ3) is 4.56. The molecule has 0 spiro atoms. The third-order valence-electron chi connectivity index (χ3n) is 3.31. The van der Waals surface area contributed by atoms with Crippen LogP contribution in [0.15, 0.2) is 12.3 Å². The summed E-state index contributed by atoms with van der Waals surface area (Å²) in [5, 5.41) is 0.943. The molecule has 1 fully saturated rings. The number of carbonyl (C=O) groups excluding carboxylic acids is 1. The van der Waals surface area contributed by atoms with Crippen LogP contribution in [0.2, 0.25) is 10.2 Å². The maximum Gasteiger partial charge on any atom is 0.323 e. The number of ether oxygens (including phenoxy) is 1. The van der Waals surface area contributed by atoms with Gasteiger partial charge in [-0.2, -0.15) is 0 Å². The fourth-order valence-electron chi connectivity index (χ4n) is 2.42. The number of pyridine rings is 1. The fraction of sp³-hybridized carbons (Fsp3) is 0.600. The molecule has 0 amide bonds. The van der Waals surface area contributed by atoms with Gasteiger partial charge in [-0.15, -0.1) is 0 Å². The largest absolute Gasteiger partial charge is 0.459 e. The Bertz CT molecular complexity index is 529. The highest BCUT2D eigenvalue weighted by Crippen LogP contribution is 2.26. The van der Waals surface area contributed by atoms with E-state index in [0.29, 0.717) is 16.7 Å². The Balaban J connectivity index is 2.06. The van der Waals surface area contributed by atoms with Crippen molar-refractivity contribution in [3.05, 3.63) is 28.0 Å². The zero-order chi connectivity index (χ0) is 15.6. The van der Waals surface area contributed by atoms with Crippen LogP contribution in [0.4, 0.5) is 0 Å². The minimum absolute atomic E-state index is 0.168. The van der Waals surface area contributed by atoms with Gasteiger partial charge in [0, 0.05) is 23.3 Å². The van der Waals surface area contributed by atoms with Gasteiger partial charge < -0.3 is 4.74 Å². The van der Waals surface area contributed by atoms with Crippen LogP contribution in [0.25, 0.3) is 0 Å². The number of carbonyl (C=O) groups is 1. The number of nitrogens with zero attached hydrogens (tertiary/aromatic N) is 2. The molecule has 1 aliphatic rings. The van der Waals surface area contributed by atoms with Gasteiger partial charge >= 0.3 is 5.97 Å². The molecule has 0 N–H and O–H groups in total. The second-order valence-corrected chi connectivity index (χ2v) is 7.05. The average Bonchev–Trinajstić information content (AvgIpc) is 2.79. The fourth-order valence-corrected chi connectivity index (χ4v) is 2.85. The Morgan fingerprint density at radius 1 is 1.48 bits per heavy atom. The molecule has 1 atom stereocenters. The molecule has 1 aromatic rings. The Kier molecular flexibility index (Phi) is 5.12. The van der Waals surface area contributed by atoms with Crippen LogP contribution < -0.4 is 0 Å². The van der Waals surface area contributed by atoms with Crippen LogP contribution in [-0.2, 0) is 16.1 Å². The minimum atomic E-state index is -0.467. The van der Waals surface area contributed by atoms with Crippen molar-refractivity contribution in [3.63, 3.8) is 0 Å². The van der Waals surface area contributed by atoms with Gasteiger partial charge in [0.1, 0.15) is 16.8 Å². The molecule has 4 nitrogen and oxygen atoms in total. The molecule has 116 valence electrons. The summed E-state index contributed by atoms with van der Waals surface area (Å²) in [5.41, 5.74) is 0.404. The number of esters is 1. The molecule has 1 aromatic heterocycles. The zero-order valence-electron chi connectivity index (χ0n) is 12.5. The summed E-state index contributed by atoms with van der Waals surface area (Å²) < 4.78 is 5.49. The smallest absolute Gasteiger partial charge is 0.323 e. The number of hydrogen-bond acceptors (Lipinski definition) is 4. The van der Waals surface area contributed by atoms with E-state index in [0.717, 1.165) is 24.9 Å². The molecule has 1 saturated heterocycles. The van der Waals surface area contributed by atoms with Gasteiger partial charge in [0.15, 0.2) is 0 Å². The van der Waals surface area contributed by atoms with Crippen LogP contribution in [0, 0.1) is 0 Å². The molecule has 0 saturated carbocycles. The van der Waals surface area contributed by atoms with Crippen LogP contribution in [0.5, 0.6) is 0 Å². The van der Waals surface area contributed by atoms with Crippen molar-refractivity contribution in [2.75, 3.05) is 6.54 Å². The molecule has 0 aromatic carbocycles. The van der Waals surface area contributed by atoms with Crippen LogP contribution >= 0.6 is 23.2 Å². The molecular weight excluding hydrogens is 311 g/mol. The minimum Gasteiger partial charge on any atom is -0.459 e. The first-order valence-electron chi connectivity index (χ1n) is 7.03. The molecule has 0 unspecified atom stereocenters. The van der Waals surface area contributed by atoms with Gasteiger partial charge in [0.2, 0.25) is 0 Å². The standard InChI is InChI=1S/C15H20Cl2N2O2/c1-15(2,3)21-14(20)12-5-4-6-19(12)9-10-8-18-13(17)7-11(10)16/h7-8,12H,4-6,9H2,1-3H3/t12-/m1/s1. The molecule has 1 aliphatic heterocycles. The summed E-state index contributed by atoms with van der Waals surface area (Å²) in [6, 6.07) is 1.41. The van der Waals surface area contributed by atoms with Crippen molar-refractivity contribution in [3.8, 4) is 0 Å². The number of rotatable bonds is 3. The van der Waals surface area contributed by atoms with E-state index in [1.807, 2.05) is 20.8 Å². The second kappa shape index (κ2) is 6.51. The predicted octanol–water partition coefficient (Wildman–Crippen LogP) is 3.69. The maximum absolute atomic E-state index is 12.3. The molecule has 2 rings (SSSR count). The van der Waals surface area contributed by atoms with Gasteiger partial charge in [-0.3, -0.25) is 9.69 Å². The van der Waals surface area contributed by atoms with Crippen molar-refractivity contribution in [2.24, 2.45) is 0 Å². The lowest BCUT2D eigenvalue weighted by Crippen LogP contribution is -2.40. The number of halogens is 2. The molecule has 0 bridgehead atoms. The highest BCUT2D eigenvalue weighted by atomic mass is 35.5. The summed E-state index contributed by atoms with van der Waals surface area (Å²) in [6.07, 6.45) is 3.45. The summed E-state index contributed by atoms with van der Waals surface area (Å²) >= 11 is 12.0. The van der Waals surface area contributed by atoms with Crippen LogP contribution in [0.3, 0.4) is 0 Å². The quantitative estimate of drug-likeness (QED) is 0.626. The molecule has 0 aliphatic carbocycles. The Hall–Kier alpha value is -0.840. The van der Waals surface area contributed by atoms with E-state index in [2.05, 4.69) is 9.88 Å². The summed E-state index contributed by atoms with van der Waals surface area (Å²) in [6.45, 7) is 7.06. The molecule has 6 heteroatoms. The van der Waals surface area contributed by atoms with Gasteiger partial charge in [-0.1, -0.05) is 23.2 Å². The van der Waals surface area contributed by atoms with E-state index in [4.69, 9.17) is 27.9 Å². The summed E-state index contributed by atoms with van der Waals surface area (Å²) in [7, 11) is 0. The predicted molar refractivity (Wildman–Crippen MR) is 83.5 cm³/mol. The Morgan fingerprint density at radius 2 is 2.19 bits per heavy atom. The van der Waals surface area contributed by atoms with E-state index >= 15 is 0 Å². The van der Waals surface area contributed by atoms with E-state index in [1.54, 1.807) is 12.3 Å². The molecular formula is C15H20Cl2N2O2. The van der Waals surface area contributed by atoms with Crippen LogP contribution in [-0.4, -0.2) is 34.0 Å². The molecule has 0 radical (unpaired) electrons. The highest BCUT2D eigenvalue weighted by molar-refractivity contribution is 6.34. The van der Waals surface area contributed by atoms with E-state index in [9.17, 15) is 4.79 Å². The maximum atomic E-state index is 12.3. The first kappa shape index (κ1) is 16.5. The van der Waals surface area contributed by atoms with Crippen molar-refractivity contribution in [1.29, 1.82) is 0 Å². The van der Waals surface area contributed by atoms with E-state index in [1.165, 1.54) is 0 Å². The lowest BCUT2D eigenvalue weighted by Gasteiger charge is -2.27. The Morgan fingerprint density at radius 3 is 2.81 bits per heavy atom. The molecule has 21 heavy (non-hydrogen) atoms. The first-order valence-corrected chi connectivity index (χ1v) is 7.79. The number of likely N-dealkylation sites (tertiary alicyclic amines) is 1. The topological polar surface area (TPSA) is 42.4 Å². The van der Waals surface area contributed by atoms with Crippen molar-refractivity contribution < 1.29 is 9.53 Å². The SMILES string of the molecule is CC(C)(C)OC(=O)[C@H]1CCCN1Cc1cnc(Cl)cc1Cl. The van der Waals surface area contributed by atoms with Crippen molar-refractivity contribution in [1.82, 2.24) is 9.88 Å². The van der Waals surface area contributed by atoms with Gasteiger partial charge in [-0.25, -0.2) is 4.98 Å². The normalized spacial score (nSPS) is 19.8. The van der Waals surface area contributed by atoms with Gasteiger partial charge in [0.25, 0.3) is 0 Å². The first-order chi connectivity index (χ1) is 9.76. The third-order valence-corrected chi connectivity index (χ3v) is 3.87. The van der Waals surface area contributed by atoms with Gasteiger partial charge in [-0.05, 0) is 46.2 Å². The number of aromatic nitrogens is 1. The lowest BCUT2D eigenvalue weighted by atomic mass is 10.1. The average molecular weight is 331 g/mol. The second-order valence-electron chi connectivity index (χ2n) is 6.26. The summed E-state index contributed by atoms with van der Waals surface area (Å²) in [5.74, 6) is -0.168. The Labute approximate surface area is 135 Å². The van der Waals surface area contributed by atoms with Gasteiger partial charge in [0.05, 0.1) is 0 Å². The zero-order valence-corrected chi connectivity index (χ0v) is 14.0. The van der Waals surface area contributed by atoms with E-state index < -0.39 is 5.60 Å². The van der Waals surface area contributed by atoms with Crippen molar-refractivity contribution in [2.45, 2.75) is 51.8 Å². The number of hydrogen-bond donors (Lipinski definition) is 0. The summed E-state index contributed by atoms with van der Waals surface area (Å²) in [4.78, 5) is 18.4. The van der Waals surface area contributed by atoms with E-state index in [-0.39, 0.29) is 12.0 Å². The highest BCUT2D eigenvalue weighted by Gasteiger charge is 2.34. The van der Waals surface area contributed by atoms with Crippen LogP contribution in [0.1, 0.15) is 39.2 Å². The van der Waals surface area contributed by atoms with Crippen molar-refractivity contribution >= 4 is 29.2 Å². The monoisotopic (exact) mass is 330 g/mol.